The monoisotopic (exact) mass is 275 g/mol. The van der Waals surface area contributed by atoms with E-state index < -0.39 is 0 Å². The number of hydrogen-bond donors (Lipinski definition) is 0. The lowest BCUT2D eigenvalue weighted by molar-refractivity contribution is 0.155. The average molecular weight is 275 g/mol. The molecule has 0 aliphatic carbocycles. The number of ether oxygens (including phenoxy) is 1. The molecule has 3 rings (SSSR count). The van der Waals surface area contributed by atoms with Gasteiger partial charge in [0.2, 0.25) is 0 Å². The second-order valence-corrected chi connectivity index (χ2v) is 5.27. The molecule has 2 aromatic heterocycles. The highest BCUT2D eigenvalue weighted by Gasteiger charge is 2.15. The van der Waals surface area contributed by atoms with Crippen LogP contribution in [0.5, 0.6) is 5.75 Å². The average Bonchev–Trinajstić information content (AvgIpc) is 2.89. The zero-order chi connectivity index (χ0) is 13.9. The van der Waals surface area contributed by atoms with Crippen LogP contribution >= 0.6 is 0 Å². The summed E-state index contributed by atoms with van der Waals surface area (Å²) in [5.74, 6) is 1.65. The quantitative estimate of drug-likeness (QED) is 0.814. The van der Waals surface area contributed by atoms with Crippen LogP contribution in [0.1, 0.15) is 5.82 Å². The van der Waals surface area contributed by atoms with Gasteiger partial charge in [0, 0.05) is 45.3 Å². The summed E-state index contributed by atoms with van der Waals surface area (Å²) in [6.45, 7) is 5.58. The van der Waals surface area contributed by atoms with Crippen molar-refractivity contribution in [2.24, 2.45) is 0 Å². The maximum atomic E-state index is 5.31. The van der Waals surface area contributed by atoms with Crippen molar-refractivity contribution in [3.63, 3.8) is 0 Å². The van der Waals surface area contributed by atoms with Crippen LogP contribution in [-0.2, 0) is 6.42 Å². The largest absolute Gasteiger partial charge is 0.493 e. The predicted octanol–water partition coefficient (Wildman–Crippen LogP) is 0.528. The normalized spacial score (nSPS) is 17.7. The molecule has 3 heterocycles. The predicted molar refractivity (Wildman–Crippen MR) is 77.2 cm³/mol. The van der Waals surface area contributed by atoms with Crippen molar-refractivity contribution >= 4 is 5.65 Å². The molecule has 2 aromatic rings. The van der Waals surface area contributed by atoms with Gasteiger partial charge in [-0.3, -0.25) is 0 Å². The first-order chi connectivity index (χ1) is 9.76. The van der Waals surface area contributed by atoms with E-state index in [2.05, 4.69) is 26.9 Å². The third-order valence-electron chi connectivity index (χ3n) is 3.84. The highest BCUT2D eigenvalue weighted by molar-refractivity contribution is 5.52. The van der Waals surface area contributed by atoms with E-state index in [1.165, 1.54) is 0 Å². The van der Waals surface area contributed by atoms with Gasteiger partial charge in [0.15, 0.2) is 17.2 Å². The van der Waals surface area contributed by atoms with Crippen LogP contribution in [0.4, 0.5) is 0 Å². The Morgan fingerprint density at radius 1 is 1.25 bits per heavy atom. The van der Waals surface area contributed by atoms with Gasteiger partial charge >= 0.3 is 0 Å². The Bertz CT molecular complexity index is 574. The number of methoxy groups -OCH3 is 1. The van der Waals surface area contributed by atoms with Crippen molar-refractivity contribution in [3.05, 3.63) is 24.2 Å². The van der Waals surface area contributed by atoms with Crippen LogP contribution < -0.4 is 4.74 Å². The first-order valence-corrected chi connectivity index (χ1v) is 7.05. The Morgan fingerprint density at radius 3 is 2.80 bits per heavy atom. The molecule has 0 spiro atoms. The second-order valence-electron chi connectivity index (χ2n) is 5.27. The lowest BCUT2D eigenvalue weighted by atomic mass is 10.3. The topological polar surface area (TPSA) is 45.9 Å². The van der Waals surface area contributed by atoms with Crippen LogP contribution in [0.2, 0.25) is 0 Å². The maximum Gasteiger partial charge on any atom is 0.198 e. The summed E-state index contributed by atoms with van der Waals surface area (Å²) < 4.78 is 7.10. The minimum absolute atomic E-state index is 0.769. The maximum absolute atomic E-state index is 5.31. The fourth-order valence-corrected chi connectivity index (χ4v) is 2.52. The molecule has 0 N–H and O–H groups in total. The fourth-order valence-electron chi connectivity index (χ4n) is 2.52. The van der Waals surface area contributed by atoms with Crippen molar-refractivity contribution < 1.29 is 4.74 Å². The summed E-state index contributed by atoms with van der Waals surface area (Å²) in [6.07, 6.45) is 2.79. The molecule has 0 unspecified atom stereocenters. The lowest BCUT2D eigenvalue weighted by Gasteiger charge is -2.31. The van der Waals surface area contributed by atoms with Crippen molar-refractivity contribution in [2.45, 2.75) is 6.42 Å². The summed E-state index contributed by atoms with van der Waals surface area (Å²) in [5, 5.41) is 4.51. The standard InChI is InChI=1S/C14H21N5O/c1-17-8-10-18(11-9-17)7-5-13-15-14-12(20-2)4-3-6-19(14)16-13/h3-4,6H,5,7-11H2,1-2H3. The summed E-state index contributed by atoms with van der Waals surface area (Å²) in [4.78, 5) is 9.41. The van der Waals surface area contributed by atoms with Crippen LogP contribution in [0, 0.1) is 0 Å². The summed E-state index contributed by atoms with van der Waals surface area (Å²) >= 11 is 0. The Balaban J connectivity index is 1.66. The summed E-state index contributed by atoms with van der Waals surface area (Å²) in [6, 6.07) is 3.83. The van der Waals surface area contributed by atoms with E-state index >= 15 is 0 Å². The highest BCUT2D eigenvalue weighted by atomic mass is 16.5. The molecule has 1 aliphatic heterocycles. The van der Waals surface area contributed by atoms with Crippen molar-refractivity contribution in [1.29, 1.82) is 0 Å². The van der Waals surface area contributed by atoms with E-state index in [1.54, 1.807) is 11.6 Å². The lowest BCUT2D eigenvalue weighted by Crippen LogP contribution is -2.45. The molecular weight excluding hydrogens is 254 g/mol. The molecule has 0 aromatic carbocycles. The first kappa shape index (κ1) is 13.3. The zero-order valence-electron chi connectivity index (χ0n) is 12.1. The van der Waals surface area contributed by atoms with Gasteiger partial charge in [-0.1, -0.05) is 0 Å². The van der Waals surface area contributed by atoms with E-state index in [0.717, 1.165) is 56.4 Å². The van der Waals surface area contributed by atoms with Gasteiger partial charge in [-0.2, -0.15) is 5.10 Å². The Kier molecular flexibility index (Phi) is 3.84. The minimum Gasteiger partial charge on any atom is -0.493 e. The summed E-state index contributed by atoms with van der Waals surface area (Å²) in [7, 11) is 3.83. The third-order valence-corrected chi connectivity index (χ3v) is 3.84. The SMILES string of the molecule is COc1cccn2nc(CCN3CCN(C)CC3)nc12. The molecule has 20 heavy (non-hydrogen) atoms. The number of piperazine rings is 1. The molecule has 1 fully saturated rings. The Morgan fingerprint density at radius 2 is 2.05 bits per heavy atom. The van der Waals surface area contributed by atoms with Gasteiger partial charge in [-0.15, -0.1) is 0 Å². The van der Waals surface area contributed by atoms with Gasteiger partial charge in [-0.25, -0.2) is 9.50 Å². The van der Waals surface area contributed by atoms with E-state index in [4.69, 9.17) is 4.74 Å². The molecule has 0 saturated carbocycles. The molecule has 1 aliphatic rings. The minimum atomic E-state index is 0.769. The van der Waals surface area contributed by atoms with Gasteiger partial charge in [0.1, 0.15) is 0 Å². The number of rotatable bonds is 4. The molecule has 0 amide bonds. The first-order valence-electron chi connectivity index (χ1n) is 7.05. The molecule has 0 bridgehead atoms. The Hall–Kier alpha value is -1.66. The summed E-state index contributed by atoms with van der Waals surface area (Å²) in [5.41, 5.74) is 0.795. The fraction of sp³-hybridized carbons (Fsp3) is 0.571. The number of pyridine rings is 1. The molecule has 6 nitrogen and oxygen atoms in total. The molecule has 6 heteroatoms. The van der Waals surface area contributed by atoms with Crippen LogP contribution in [-0.4, -0.2) is 71.3 Å². The van der Waals surface area contributed by atoms with E-state index in [1.807, 2.05) is 18.3 Å². The molecule has 0 atom stereocenters. The molecular formula is C14H21N5O. The van der Waals surface area contributed by atoms with Crippen molar-refractivity contribution in [1.82, 2.24) is 24.4 Å². The van der Waals surface area contributed by atoms with Crippen LogP contribution in [0.15, 0.2) is 18.3 Å². The van der Waals surface area contributed by atoms with E-state index in [9.17, 15) is 0 Å². The number of nitrogens with zero attached hydrogens (tertiary/aromatic N) is 5. The highest BCUT2D eigenvalue weighted by Crippen LogP contribution is 2.16. The molecule has 108 valence electrons. The van der Waals surface area contributed by atoms with Crippen LogP contribution in [0.3, 0.4) is 0 Å². The van der Waals surface area contributed by atoms with E-state index in [-0.39, 0.29) is 0 Å². The number of fused-ring (bicyclic) bond motifs is 1. The second kappa shape index (κ2) is 5.76. The zero-order valence-corrected chi connectivity index (χ0v) is 12.1. The molecule has 0 radical (unpaired) electrons. The third kappa shape index (κ3) is 2.76. The van der Waals surface area contributed by atoms with Crippen LogP contribution in [0.25, 0.3) is 5.65 Å². The number of likely N-dealkylation sites (N-methyl/N-ethyl adjacent to an activating group) is 1. The Labute approximate surface area is 119 Å². The van der Waals surface area contributed by atoms with Gasteiger partial charge in [0.05, 0.1) is 7.11 Å². The van der Waals surface area contributed by atoms with Crippen molar-refractivity contribution in [2.75, 3.05) is 46.9 Å². The number of aromatic nitrogens is 3. The van der Waals surface area contributed by atoms with Crippen molar-refractivity contribution in [3.8, 4) is 5.75 Å². The smallest absolute Gasteiger partial charge is 0.198 e. The van der Waals surface area contributed by atoms with Gasteiger partial charge < -0.3 is 14.5 Å². The van der Waals surface area contributed by atoms with Gasteiger partial charge in [-0.05, 0) is 19.2 Å². The van der Waals surface area contributed by atoms with E-state index in [0.29, 0.717) is 0 Å². The van der Waals surface area contributed by atoms with Gasteiger partial charge in [0.25, 0.3) is 0 Å². The molecule has 1 saturated heterocycles. The number of hydrogen-bond acceptors (Lipinski definition) is 5.